The minimum Gasteiger partial charge on any atom is -0.495 e. The first-order valence-corrected chi connectivity index (χ1v) is 12.1. The van der Waals surface area contributed by atoms with Gasteiger partial charge >= 0.3 is 6.18 Å². The van der Waals surface area contributed by atoms with Crippen LogP contribution in [0.1, 0.15) is 16.7 Å². The highest BCUT2D eigenvalue weighted by molar-refractivity contribution is 7.89. The first-order chi connectivity index (χ1) is 16.4. The summed E-state index contributed by atoms with van der Waals surface area (Å²) in [5.41, 5.74) is -0.0113. The van der Waals surface area contributed by atoms with Crippen LogP contribution < -0.4 is 10.1 Å². The van der Waals surface area contributed by atoms with E-state index in [0.29, 0.717) is 17.2 Å². The summed E-state index contributed by atoms with van der Waals surface area (Å²) in [6, 6.07) is 16.1. The molecule has 0 spiro atoms. The number of amides is 1. The summed E-state index contributed by atoms with van der Waals surface area (Å²) in [4.78, 5) is 12.7. The first-order valence-electron chi connectivity index (χ1n) is 10.3. The number of ether oxygens (including phenoxy) is 1. The average Bonchev–Trinajstić information content (AvgIpc) is 2.79. The number of anilines is 1. The van der Waals surface area contributed by atoms with Crippen LogP contribution in [0, 0.1) is 6.92 Å². The molecule has 11 heteroatoms. The lowest BCUT2D eigenvalue weighted by atomic mass is 10.2. The predicted octanol–water partition coefficient (Wildman–Crippen LogP) is 5.51. The molecule has 0 aromatic heterocycles. The van der Waals surface area contributed by atoms with Gasteiger partial charge in [-0.3, -0.25) is 4.79 Å². The Labute approximate surface area is 206 Å². The molecule has 0 aliphatic carbocycles. The van der Waals surface area contributed by atoms with Gasteiger partial charge in [0.25, 0.3) is 0 Å². The van der Waals surface area contributed by atoms with Gasteiger partial charge in [-0.25, -0.2) is 8.42 Å². The van der Waals surface area contributed by atoms with Crippen molar-refractivity contribution in [2.45, 2.75) is 24.5 Å². The van der Waals surface area contributed by atoms with Gasteiger partial charge in [-0.2, -0.15) is 17.5 Å². The number of hydrogen-bond acceptors (Lipinski definition) is 4. The van der Waals surface area contributed by atoms with Crippen molar-refractivity contribution in [3.05, 3.63) is 88.4 Å². The van der Waals surface area contributed by atoms with Crippen LogP contribution in [0.2, 0.25) is 5.02 Å². The Morgan fingerprint density at radius 3 is 2.37 bits per heavy atom. The Bertz CT molecular complexity index is 1320. The van der Waals surface area contributed by atoms with Gasteiger partial charge in [0.2, 0.25) is 15.9 Å². The first kappa shape index (κ1) is 26.5. The number of nitrogens with one attached hydrogen (secondary N) is 1. The second kappa shape index (κ2) is 10.7. The Hall–Kier alpha value is -3.08. The molecule has 0 bridgehead atoms. The van der Waals surface area contributed by atoms with Crippen molar-refractivity contribution < 1.29 is 31.1 Å². The summed E-state index contributed by atoms with van der Waals surface area (Å²) in [7, 11) is -2.91. The minimum absolute atomic E-state index is 0.0987. The number of carbonyl (C=O) groups is 1. The Morgan fingerprint density at radius 2 is 1.74 bits per heavy atom. The van der Waals surface area contributed by atoms with Crippen LogP contribution in [0.5, 0.6) is 5.75 Å². The number of hydrogen-bond donors (Lipinski definition) is 1. The van der Waals surface area contributed by atoms with Crippen LogP contribution in [-0.2, 0) is 27.5 Å². The van der Waals surface area contributed by atoms with Crippen molar-refractivity contribution in [2.75, 3.05) is 19.0 Å². The van der Waals surface area contributed by atoms with Crippen molar-refractivity contribution in [1.29, 1.82) is 0 Å². The van der Waals surface area contributed by atoms with Crippen molar-refractivity contribution in [3.8, 4) is 5.75 Å². The molecule has 1 amide bonds. The molecule has 0 saturated carbocycles. The maximum atomic E-state index is 13.6. The number of nitrogens with zero attached hydrogens (tertiary/aromatic N) is 1. The largest absolute Gasteiger partial charge is 0.495 e. The fourth-order valence-corrected chi connectivity index (χ4v) is 5.17. The zero-order valence-electron chi connectivity index (χ0n) is 18.8. The van der Waals surface area contributed by atoms with E-state index in [9.17, 15) is 26.4 Å². The summed E-state index contributed by atoms with van der Waals surface area (Å²) < 4.78 is 72.8. The Morgan fingerprint density at radius 1 is 1.06 bits per heavy atom. The molecular formula is C24H22ClF3N2O4S. The fraction of sp³-hybridized carbons (Fsp3) is 0.208. The number of methoxy groups -OCH3 is 1. The summed E-state index contributed by atoms with van der Waals surface area (Å²) >= 11 is 5.63. The molecule has 6 nitrogen and oxygen atoms in total. The van der Waals surface area contributed by atoms with E-state index in [0.717, 1.165) is 10.4 Å². The van der Waals surface area contributed by atoms with E-state index in [-0.39, 0.29) is 22.9 Å². The monoisotopic (exact) mass is 526 g/mol. The number of halogens is 4. The number of carbonyl (C=O) groups excluding carboxylic acids is 1. The lowest BCUT2D eigenvalue weighted by Gasteiger charge is -2.23. The standard InChI is InChI=1S/C24H22ClF3N2O4S/c1-16-8-11-21(34-2)22(12-16)35(32,33)30(14-17-6-4-3-5-7-17)15-23(31)29-18-9-10-20(25)19(13-18)24(26,27)28/h3-13H,14-15H2,1-2H3,(H,29,31). The molecule has 1 N–H and O–H groups in total. The third-order valence-corrected chi connectivity index (χ3v) is 7.16. The van der Waals surface area contributed by atoms with E-state index in [2.05, 4.69) is 5.32 Å². The normalized spacial score (nSPS) is 12.0. The summed E-state index contributed by atoms with van der Waals surface area (Å²) in [6.45, 7) is 0.909. The molecule has 3 aromatic carbocycles. The van der Waals surface area contributed by atoms with Gasteiger partial charge in [0.15, 0.2) is 0 Å². The Balaban J connectivity index is 1.94. The van der Waals surface area contributed by atoms with E-state index in [1.807, 2.05) is 0 Å². The van der Waals surface area contributed by atoms with Crippen LogP contribution in [0.15, 0.2) is 71.6 Å². The van der Waals surface area contributed by atoms with Crippen LogP contribution in [0.3, 0.4) is 0 Å². The lowest BCUT2D eigenvalue weighted by Crippen LogP contribution is -2.37. The molecular weight excluding hydrogens is 505 g/mol. The van der Waals surface area contributed by atoms with E-state index < -0.39 is 39.2 Å². The number of benzene rings is 3. The molecule has 3 rings (SSSR count). The van der Waals surface area contributed by atoms with Crippen LogP contribution in [0.4, 0.5) is 18.9 Å². The lowest BCUT2D eigenvalue weighted by molar-refractivity contribution is -0.137. The van der Waals surface area contributed by atoms with Gasteiger partial charge in [-0.1, -0.05) is 48.0 Å². The highest BCUT2D eigenvalue weighted by atomic mass is 35.5. The molecule has 0 saturated heterocycles. The fourth-order valence-electron chi connectivity index (χ4n) is 3.32. The Kier molecular flexibility index (Phi) is 8.09. The molecule has 186 valence electrons. The molecule has 0 aliphatic heterocycles. The molecule has 0 atom stereocenters. The predicted molar refractivity (Wildman–Crippen MR) is 127 cm³/mol. The van der Waals surface area contributed by atoms with Crippen LogP contribution >= 0.6 is 11.6 Å². The number of rotatable bonds is 8. The number of sulfonamides is 1. The summed E-state index contributed by atoms with van der Waals surface area (Å²) in [5, 5.41) is 1.81. The van der Waals surface area contributed by atoms with Gasteiger partial charge in [-0.15, -0.1) is 0 Å². The van der Waals surface area contributed by atoms with E-state index in [1.165, 1.54) is 25.3 Å². The molecule has 0 radical (unpaired) electrons. The van der Waals surface area contributed by atoms with Gasteiger partial charge in [0.1, 0.15) is 10.6 Å². The minimum atomic E-state index is -4.72. The smallest absolute Gasteiger partial charge is 0.417 e. The molecule has 0 unspecified atom stereocenters. The molecule has 3 aromatic rings. The summed E-state index contributed by atoms with van der Waals surface area (Å²) in [6.07, 6.45) is -4.72. The second-order valence-electron chi connectivity index (χ2n) is 7.65. The van der Waals surface area contributed by atoms with Crippen LogP contribution in [0.25, 0.3) is 0 Å². The maximum Gasteiger partial charge on any atom is 0.417 e. The van der Waals surface area contributed by atoms with Gasteiger partial charge in [0, 0.05) is 12.2 Å². The van der Waals surface area contributed by atoms with Gasteiger partial charge in [-0.05, 0) is 48.4 Å². The number of aryl methyl sites for hydroxylation is 1. The van der Waals surface area contributed by atoms with E-state index in [1.54, 1.807) is 43.3 Å². The third kappa shape index (κ3) is 6.53. The van der Waals surface area contributed by atoms with Crippen molar-refractivity contribution in [2.24, 2.45) is 0 Å². The maximum absolute atomic E-state index is 13.6. The van der Waals surface area contributed by atoms with Gasteiger partial charge < -0.3 is 10.1 Å². The van der Waals surface area contributed by atoms with E-state index in [4.69, 9.17) is 16.3 Å². The number of alkyl halides is 3. The highest BCUT2D eigenvalue weighted by Gasteiger charge is 2.34. The van der Waals surface area contributed by atoms with E-state index >= 15 is 0 Å². The van der Waals surface area contributed by atoms with Crippen molar-refractivity contribution in [3.63, 3.8) is 0 Å². The molecule has 35 heavy (non-hydrogen) atoms. The SMILES string of the molecule is COc1ccc(C)cc1S(=O)(=O)N(CC(=O)Nc1ccc(Cl)c(C(F)(F)F)c1)Cc1ccccc1. The quantitative estimate of drug-likeness (QED) is 0.420. The molecule has 0 heterocycles. The van der Waals surface area contributed by atoms with Gasteiger partial charge in [0.05, 0.1) is 24.2 Å². The highest BCUT2D eigenvalue weighted by Crippen LogP contribution is 2.36. The zero-order valence-corrected chi connectivity index (χ0v) is 20.3. The summed E-state index contributed by atoms with van der Waals surface area (Å²) in [5.74, 6) is -0.729. The molecule has 0 fully saturated rings. The van der Waals surface area contributed by atoms with Crippen molar-refractivity contribution in [1.82, 2.24) is 4.31 Å². The second-order valence-corrected chi connectivity index (χ2v) is 9.97. The van der Waals surface area contributed by atoms with Crippen molar-refractivity contribution >= 4 is 33.2 Å². The van der Waals surface area contributed by atoms with Crippen LogP contribution in [-0.4, -0.2) is 32.3 Å². The average molecular weight is 527 g/mol. The topological polar surface area (TPSA) is 75.7 Å². The third-order valence-electron chi connectivity index (χ3n) is 5.01. The zero-order chi connectivity index (χ0) is 25.8. The molecule has 0 aliphatic rings.